The van der Waals surface area contributed by atoms with E-state index in [0.717, 1.165) is 43.3 Å². The van der Waals surface area contributed by atoms with Gasteiger partial charge in [0.15, 0.2) is 11.5 Å². The fraction of sp³-hybridized carbons (Fsp3) is 0.438. The van der Waals surface area contributed by atoms with Gasteiger partial charge in [0.05, 0.1) is 0 Å². The zero-order chi connectivity index (χ0) is 29.7. The fourth-order valence-corrected chi connectivity index (χ4v) is 4.11. The predicted octanol–water partition coefficient (Wildman–Crippen LogP) is 6.58. The minimum Gasteiger partial charge on any atom is -0.493 e. The molecule has 2 N–H and O–H groups in total. The van der Waals surface area contributed by atoms with Gasteiger partial charge in [0.25, 0.3) is 11.9 Å². The maximum atomic E-state index is 9.00. The molecule has 0 atom stereocenters. The smallest absolute Gasteiger partial charge is 0.300 e. The lowest BCUT2D eigenvalue weighted by Crippen LogP contribution is -2.42. The van der Waals surface area contributed by atoms with E-state index >= 15 is 0 Å². The number of carboxylic acid groups (broad SMARTS) is 2. The van der Waals surface area contributed by atoms with E-state index in [4.69, 9.17) is 38.7 Å². The molecule has 218 valence electrons. The predicted molar refractivity (Wildman–Crippen MR) is 153 cm³/mol. The molecule has 0 bridgehead atoms. The molecule has 0 radical (unpaired) electrons. The molecule has 0 amide bonds. The Morgan fingerprint density at radius 2 is 1.05 bits per heavy atom. The van der Waals surface area contributed by atoms with Crippen LogP contribution in [0.3, 0.4) is 0 Å². The maximum Gasteiger partial charge on any atom is 0.300 e. The van der Waals surface area contributed by atoms with Gasteiger partial charge in [-0.2, -0.15) is 0 Å². The van der Waals surface area contributed by atoms with Crippen molar-refractivity contribution in [1.82, 2.24) is 0 Å². The van der Waals surface area contributed by atoms with Crippen LogP contribution >= 0.6 is 0 Å². The summed E-state index contributed by atoms with van der Waals surface area (Å²) in [6, 6.07) is 19.8. The van der Waals surface area contributed by atoms with Crippen molar-refractivity contribution in [2.24, 2.45) is 17.3 Å². The van der Waals surface area contributed by atoms with E-state index in [2.05, 4.69) is 27.7 Å². The number of carbonyl (C=O) groups is 2. The second kappa shape index (κ2) is 15.6. The lowest BCUT2D eigenvalue weighted by Gasteiger charge is -2.30. The van der Waals surface area contributed by atoms with E-state index in [1.807, 2.05) is 60.7 Å². The number of carboxylic acids is 2. The normalized spacial score (nSPS) is 15.4. The van der Waals surface area contributed by atoms with Crippen LogP contribution in [0.2, 0.25) is 0 Å². The first kappa shape index (κ1) is 32.3. The van der Waals surface area contributed by atoms with Gasteiger partial charge in [-0.1, -0.05) is 64.1 Å². The molecule has 0 unspecified atom stereocenters. The summed E-state index contributed by atoms with van der Waals surface area (Å²) in [6.45, 7) is 12.9. The molecule has 40 heavy (non-hydrogen) atoms. The average Bonchev–Trinajstić information content (AvgIpc) is 3.18. The van der Waals surface area contributed by atoms with E-state index in [0.29, 0.717) is 38.3 Å². The van der Waals surface area contributed by atoms with Gasteiger partial charge >= 0.3 is 0 Å². The zero-order valence-corrected chi connectivity index (χ0v) is 24.3. The second-order valence-corrected chi connectivity index (χ2v) is 10.5. The maximum absolute atomic E-state index is 9.00. The Labute approximate surface area is 237 Å². The van der Waals surface area contributed by atoms with Crippen molar-refractivity contribution in [1.29, 1.82) is 0 Å². The standard InChI is InChI=1S/C28H34O4.2C2H4O2/c1-20(2)24-15-25(21(3)4)27-26(24)31-18-28(19-32-27,16-29-22-11-7-5-8-12-22)17-30-23-13-9-6-10-14-23;2*1-2(3)4/h5-14,20-21H,15-19H2,1-4H3;2*1H3,(H,3,4). The van der Waals surface area contributed by atoms with Gasteiger partial charge < -0.3 is 29.2 Å². The summed E-state index contributed by atoms with van der Waals surface area (Å²) in [5.74, 6) is 2.69. The first-order valence-electron chi connectivity index (χ1n) is 13.4. The van der Waals surface area contributed by atoms with Gasteiger partial charge in [-0.3, -0.25) is 9.59 Å². The van der Waals surface area contributed by atoms with Gasteiger partial charge in [0.2, 0.25) is 0 Å². The molecule has 8 heteroatoms. The fourth-order valence-electron chi connectivity index (χ4n) is 4.11. The number of fused-ring (bicyclic) bond motifs is 1. The summed E-state index contributed by atoms with van der Waals surface area (Å²) in [4.78, 5) is 18.0. The van der Waals surface area contributed by atoms with E-state index in [-0.39, 0.29) is 0 Å². The van der Waals surface area contributed by atoms with Gasteiger partial charge in [0, 0.05) is 13.8 Å². The average molecular weight is 555 g/mol. The number of allylic oxidation sites excluding steroid dienone is 2. The first-order chi connectivity index (χ1) is 18.9. The molecule has 1 saturated heterocycles. The Bertz CT molecular complexity index is 1050. The van der Waals surface area contributed by atoms with Crippen molar-refractivity contribution >= 4 is 11.9 Å². The molecule has 8 nitrogen and oxygen atoms in total. The molecule has 0 saturated carbocycles. The van der Waals surface area contributed by atoms with E-state index in [9.17, 15) is 0 Å². The number of para-hydroxylation sites is 2. The molecule has 1 aliphatic heterocycles. The van der Waals surface area contributed by atoms with Crippen molar-refractivity contribution in [3.05, 3.63) is 83.3 Å². The molecule has 4 rings (SSSR count). The van der Waals surface area contributed by atoms with Gasteiger partial charge in [-0.25, -0.2) is 0 Å². The van der Waals surface area contributed by atoms with E-state index < -0.39 is 17.4 Å². The summed E-state index contributed by atoms with van der Waals surface area (Å²) in [7, 11) is 0. The quantitative estimate of drug-likeness (QED) is 0.376. The molecular formula is C32H42O8. The van der Waals surface area contributed by atoms with Crippen LogP contribution in [0.25, 0.3) is 0 Å². The van der Waals surface area contributed by atoms with Crippen molar-refractivity contribution < 1.29 is 38.7 Å². The van der Waals surface area contributed by atoms with Crippen LogP contribution in [-0.4, -0.2) is 48.6 Å². The van der Waals surface area contributed by atoms with Crippen LogP contribution in [0.5, 0.6) is 11.5 Å². The number of hydrogen-bond donors (Lipinski definition) is 2. The number of benzene rings is 2. The topological polar surface area (TPSA) is 112 Å². The summed E-state index contributed by atoms with van der Waals surface area (Å²) in [5.41, 5.74) is 2.21. The Balaban J connectivity index is 0.000000621. The summed E-state index contributed by atoms with van der Waals surface area (Å²) < 4.78 is 25.4. The molecule has 2 aliphatic rings. The van der Waals surface area contributed by atoms with Gasteiger partial charge in [-0.15, -0.1) is 0 Å². The lowest BCUT2D eigenvalue weighted by molar-refractivity contribution is -0.135. The Hall–Kier alpha value is -3.94. The van der Waals surface area contributed by atoms with Crippen LogP contribution in [0.4, 0.5) is 0 Å². The van der Waals surface area contributed by atoms with Crippen molar-refractivity contribution in [3.63, 3.8) is 0 Å². The third-order valence-corrected chi connectivity index (χ3v) is 6.19. The van der Waals surface area contributed by atoms with E-state index in [1.165, 1.54) is 11.1 Å². The molecule has 1 heterocycles. The zero-order valence-electron chi connectivity index (χ0n) is 24.3. The second-order valence-electron chi connectivity index (χ2n) is 10.5. The molecule has 2 aromatic rings. The molecule has 1 fully saturated rings. The Morgan fingerprint density at radius 3 is 1.35 bits per heavy atom. The first-order valence-corrected chi connectivity index (χ1v) is 13.4. The minimum absolute atomic E-state index is 0.411. The van der Waals surface area contributed by atoms with Crippen LogP contribution in [-0.2, 0) is 19.1 Å². The van der Waals surface area contributed by atoms with E-state index in [1.54, 1.807) is 0 Å². The molecule has 2 aromatic carbocycles. The summed E-state index contributed by atoms with van der Waals surface area (Å²) in [5, 5.41) is 14.8. The van der Waals surface area contributed by atoms with Crippen molar-refractivity contribution in [3.8, 4) is 11.5 Å². The number of ether oxygens (including phenoxy) is 4. The molecule has 0 aromatic heterocycles. The lowest BCUT2D eigenvalue weighted by atomic mass is 9.92. The van der Waals surface area contributed by atoms with Crippen LogP contribution in [0.15, 0.2) is 83.3 Å². The van der Waals surface area contributed by atoms with Crippen molar-refractivity contribution in [2.75, 3.05) is 26.4 Å². The third kappa shape index (κ3) is 10.3. The molecular weight excluding hydrogens is 512 g/mol. The minimum atomic E-state index is -0.833. The number of aliphatic carboxylic acids is 2. The van der Waals surface area contributed by atoms with Crippen LogP contribution in [0, 0.1) is 17.3 Å². The largest absolute Gasteiger partial charge is 0.493 e. The molecule has 1 aliphatic carbocycles. The van der Waals surface area contributed by atoms with Gasteiger partial charge in [0.1, 0.15) is 43.3 Å². The Kier molecular flexibility index (Phi) is 12.6. The van der Waals surface area contributed by atoms with Crippen LogP contribution in [0.1, 0.15) is 48.0 Å². The highest BCUT2D eigenvalue weighted by molar-refractivity contribution is 5.63. The van der Waals surface area contributed by atoms with Gasteiger partial charge in [-0.05, 0) is 53.7 Å². The Morgan fingerprint density at radius 1 is 0.725 bits per heavy atom. The number of rotatable bonds is 8. The van der Waals surface area contributed by atoms with Crippen molar-refractivity contribution in [2.45, 2.75) is 48.0 Å². The highest BCUT2D eigenvalue weighted by Crippen LogP contribution is 2.44. The number of hydrogen-bond acceptors (Lipinski definition) is 6. The molecule has 0 spiro atoms. The van der Waals surface area contributed by atoms with Crippen LogP contribution < -0.4 is 9.47 Å². The summed E-state index contributed by atoms with van der Waals surface area (Å²) in [6.07, 6.45) is 0.939. The summed E-state index contributed by atoms with van der Waals surface area (Å²) >= 11 is 0. The SMILES string of the molecule is CC(=O)O.CC(=O)O.CC(C)C1=C2OCC(COc3ccccc3)(COc3ccccc3)COC2=C(C(C)C)C1. The third-order valence-electron chi connectivity index (χ3n) is 6.19. The monoisotopic (exact) mass is 554 g/mol. The highest BCUT2D eigenvalue weighted by atomic mass is 16.6. The highest BCUT2D eigenvalue weighted by Gasteiger charge is 2.42.